The lowest BCUT2D eigenvalue weighted by atomic mass is 10.0. The first-order valence-electron chi connectivity index (χ1n) is 9.23. The minimum Gasteiger partial charge on any atom is -0.492 e. The molecule has 0 bridgehead atoms. The lowest BCUT2D eigenvalue weighted by molar-refractivity contribution is 0.259. The summed E-state index contributed by atoms with van der Waals surface area (Å²) in [5, 5.41) is -0.0492. The molecule has 8 nitrogen and oxygen atoms in total. The summed E-state index contributed by atoms with van der Waals surface area (Å²) in [6.07, 6.45) is 0.264. The lowest BCUT2D eigenvalue weighted by Gasteiger charge is -2.24. The van der Waals surface area contributed by atoms with E-state index in [0.717, 1.165) is 18.9 Å². The summed E-state index contributed by atoms with van der Waals surface area (Å²) >= 11 is 0. The molecule has 2 aromatic rings. The maximum absolute atomic E-state index is 15.1. The van der Waals surface area contributed by atoms with Crippen LogP contribution in [0, 0.1) is 11.7 Å². The Bertz CT molecular complexity index is 1060. The maximum atomic E-state index is 15.1. The van der Waals surface area contributed by atoms with Gasteiger partial charge in [-0.2, -0.15) is 4.68 Å². The Hall–Kier alpha value is -2.62. The number of methoxy groups -OCH3 is 1. The third kappa shape index (κ3) is 2.66. The fraction of sp³-hybridized carbons (Fsp3) is 0.556. The Morgan fingerprint density at radius 1 is 1.29 bits per heavy atom. The van der Waals surface area contributed by atoms with Gasteiger partial charge >= 0.3 is 5.69 Å². The van der Waals surface area contributed by atoms with Crippen LogP contribution in [-0.2, 0) is 0 Å². The largest absolute Gasteiger partial charge is 0.492 e. The highest BCUT2D eigenvalue weighted by Crippen LogP contribution is 2.43. The zero-order chi connectivity index (χ0) is 20.3. The highest BCUT2D eigenvalue weighted by molar-refractivity contribution is 5.91. The van der Waals surface area contributed by atoms with Crippen molar-refractivity contribution in [3.8, 4) is 5.75 Å². The Labute approximate surface area is 159 Å². The molecular weight excluding hydrogens is 372 g/mol. The molecule has 1 aliphatic carbocycles. The van der Waals surface area contributed by atoms with Gasteiger partial charge in [-0.1, -0.05) is 0 Å². The van der Waals surface area contributed by atoms with E-state index >= 15 is 4.39 Å². The zero-order valence-electron chi connectivity index (χ0n) is 15.7. The number of rotatable bonds is 4. The van der Waals surface area contributed by atoms with Crippen LogP contribution >= 0.6 is 0 Å². The first kappa shape index (κ1) is 18.7. The summed E-state index contributed by atoms with van der Waals surface area (Å²) in [5.41, 5.74) is 4.59. The SMILES string of the molecule is COc1c(N2C[C@H]([C@@H](C)N)[C@@H](F)C2)c(F)cc2c(=O)n(N)c(=O)n(C3CC3)c12. The van der Waals surface area contributed by atoms with Crippen LogP contribution in [-0.4, -0.2) is 41.7 Å². The quantitative estimate of drug-likeness (QED) is 0.729. The van der Waals surface area contributed by atoms with Crippen LogP contribution in [0.15, 0.2) is 15.7 Å². The number of anilines is 1. The molecule has 0 amide bonds. The molecule has 0 spiro atoms. The molecule has 2 fully saturated rings. The molecule has 1 aliphatic heterocycles. The van der Waals surface area contributed by atoms with Crippen molar-refractivity contribution in [1.82, 2.24) is 9.24 Å². The van der Waals surface area contributed by atoms with Gasteiger partial charge < -0.3 is 21.2 Å². The molecule has 0 unspecified atom stereocenters. The number of nitrogens with zero attached hydrogens (tertiary/aromatic N) is 3. The molecule has 2 heterocycles. The van der Waals surface area contributed by atoms with E-state index < -0.39 is 35.2 Å². The molecule has 3 atom stereocenters. The van der Waals surface area contributed by atoms with Crippen LogP contribution in [0.25, 0.3) is 10.9 Å². The standard InChI is InChI=1S/C18H23F2N5O3/c1-8(21)11-6-23(7-13(11)20)15-12(19)5-10-14(16(15)28-2)24(9-3-4-9)18(27)25(22)17(10)26/h5,8-9,11,13H,3-4,6-7,21-22H2,1-2H3/t8-,11-,13+/m1/s1. The summed E-state index contributed by atoms with van der Waals surface area (Å²) in [4.78, 5) is 26.7. The summed E-state index contributed by atoms with van der Waals surface area (Å²) in [7, 11) is 1.33. The molecule has 1 saturated heterocycles. The fourth-order valence-electron chi connectivity index (χ4n) is 4.06. The molecular formula is C18H23F2N5O3. The Balaban J connectivity index is 2.00. The smallest absolute Gasteiger partial charge is 0.350 e. The van der Waals surface area contributed by atoms with E-state index in [2.05, 4.69) is 0 Å². The number of aromatic nitrogens is 2. The van der Waals surface area contributed by atoms with Gasteiger partial charge in [0.1, 0.15) is 17.4 Å². The second kappa shape index (κ2) is 6.47. The average molecular weight is 395 g/mol. The van der Waals surface area contributed by atoms with Crippen molar-refractivity contribution in [3.63, 3.8) is 0 Å². The molecule has 4 N–H and O–H groups in total. The molecule has 4 rings (SSSR count). The van der Waals surface area contributed by atoms with Crippen LogP contribution in [0.2, 0.25) is 0 Å². The average Bonchev–Trinajstić information content (AvgIpc) is 3.40. The van der Waals surface area contributed by atoms with Gasteiger partial charge in [0.15, 0.2) is 11.6 Å². The number of hydrogen-bond acceptors (Lipinski definition) is 6. The summed E-state index contributed by atoms with van der Waals surface area (Å²) in [6.45, 7) is 1.87. The summed E-state index contributed by atoms with van der Waals surface area (Å²) in [5.74, 6) is 4.46. The number of nitrogen functional groups attached to an aromatic ring is 1. The van der Waals surface area contributed by atoms with E-state index in [-0.39, 0.29) is 41.5 Å². The second-order valence-corrected chi connectivity index (χ2v) is 7.64. The fourth-order valence-corrected chi connectivity index (χ4v) is 4.06. The zero-order valence-corrected chi connectivity index (χ0v) is 15.7. The van der Waals surface area contributed by atoms with Crippen molar-refractivity contribution in [2.24, 2.45) is 11.7 Å². The Kier molecular flexibility index (Phi) is 4.33. The molecule has 152 valence electrons. The second-order valence-electron chi connectivity index (χ2n) is 7.64. The van der Waals surface area contributed by atoms with Crippen molar-refractivity contribution in [2.75, 3.05) is 30.9 Å². The number of halogens is 2. The van der Waals surface area contributed by atoms with Gasteiger partial charge in [-0.05, 0) is 25.8 Å². The first-order chi connectivity index (χ1) is 13.3. The minimum atomic E-state index is -1.22. The van der Waals surface area contributed by atoms with Crippen molar-refractivity contribution in [1.29, 1.82) is 0 Å². The molecule has 2 aliphatic rings. The third-order valence-electron chi connectivity index (χ3n) is 5.68. The predicted octanol–water partition coefficient (Wildman–Crippen LogP) is 0.481. The van der Waals surface area contributed by atoms with Gasteiger partial charge in [0.25, 0.3) is 5.56 Å². The highest BCUT2D eigenvalue weighted by Gasteiger charge is 2.39. The first-order valence-corrected chi connectivity index (χ1v) is 9.23. The molecule has 0 radical (unpaired) electrons. The van der Waals surface area contributed by atoms with Gasteiger partial charge in [0.2, 0.25) is 0 Å². The summed E-state index contributed by atoms with van der Waals surface area (Å²) in [6, 6.07) is 0.509. The van der Waals surface area contributed by atoms with Crippen LogP contribution in [0.1, 0.15) is 25.8 Å². The molecule has 10 heteroatoms. The van der Waals surface area contributed by atoms with E-state index in [4.69, 9.17) is 16.3 Å². The molecule has 28 heavy (non-hydrogen) atoms. The van der Waals surface area contributed by atoms with Crippen molar-refractivity contribution in [2.45, 2.75) is 38.0 Å². The van der Waals surface area contributed by atoms with Gasteiger partial charge in [-0.3, -0.25) is 9.36 Å². The molecule has 1 saturated carbocycles. The summed E-state index contributed by atoms with van der Waals surface area (Å²) < 4.78 is 36.9. The van der Waals surface area contributed by atoms with Gasteiger partial charge in [-0.25, -0.2) is 13.6 Å². The van der Waals surface area contributed by atoms with Crippen LogP contribution in [0.3, 0.4) is 0 Å². The van der Waals surface area contributed by atoms with Crippen LogP contribution < -0.4 is 32.5 Å². The number of ether oxygens (including phenoxy) is 1. The van der Waals surface area contributed by atoms with E-state index in [0.29, 0.717) is 4.68 Å². The number of benzene rings is 1. The van der Waals surface area contributed by atoms with E-state index in [9.17, 15) is 14.0 Å². The topological polar surface area (TPSA) is 109 Å². The van der Waals surface area contributed by atoms with E-state index in [1.54, 1.807) is 6.92 Å². The van der Waals surface area contributed by atoms with E-state index in [1.807, 2.05) is 0 Å². The number of hydrogen-bond donors (Lipinski definition) is 2. The van der Waals surface area contributed by atoms with Gasteiger partial charge in [0.05, 0.1) is 12.5 Å². The highest BCUT2D eigenvalue weighted by atomic mass is 19.1. The van der Waals surface area contributed by atoms with Crippen molar-refractivity contribution >= 4 is 16.6 Å². The Morgan fingerprint density at radius 3 is 2.50 bits per heavy atom. The van der Waals surface area contributed by atoms with Gasteiger partial charge in [-0.15, -0.1) is 0 Å². The maximum Gasteiger partial charge on any atom is 0.350 e. The van der Waals surface area contributed by atoms with Gasteiger partial charge in [0, 0.05) is 31.1 Å². The Morgan fingerprint density at radius 2 is 1.96 bits per heavy atom. The van der Waals surface area contributed by atoms with Crippen molar-refractivity contribution < 1.29 is 13.5 Å². The normalized spacial score (nSPS) is 23.4. The number of nitrogens with two attached hydrogens (primary N) is 2. The van der Waals surface area contributed by atoms with Crippen molar-refractivity contribution in [3.05, 3.63) is 32.7 Å². The predicted molar refractivity (Wildman–Crippen MR) is 102 cm³/mol. The third-order valence-corrected chi connectivity index (χ3v) is 5.68. The monoisotopic (exact) mass is 395 g/mol. The molecule has 1 aromatic heterocycles. The van der Waals surface area contributed by atoms with Crippen LogP contribution in [0.4, 0.5) is 14.5 Å². The molecule has 1 aromatic carbocycles. The minimum absolute atomic E-state index is 0.0313. The number of fused-ring (bicyclic) bond motifs is 1. The van der Waals surface area contributed by atoms with Crippen LogP contribution in [0.5, 0.6) is 5.75 Å². The van der Waals surface area contributed by atoms with E-state index in [1.165, 1.54) is 16.6 Å². The number of alkyl halides is 1. The lowest BCUT2D eigenvalue weighted by Crippen LogP contribution is -2.44.